The van der Waals surface area contributed by atoms with Crippen LogP contribution in [0.2, 0.25) is 5.02 Å². The third-order valence-electron chi connectivity index (χ3n) is 5.23. The second-order valence-electron chi connectivity index (χ2n) is 7.56. The summed E-state index contributed by atoms with van der Waals surface area (Å²) in [6, 6.07) is 13.0. The molecule has 190 valence electrons. The lowest BCUT2D eigenvalue weighted by atomic mass is 10.0. The number of nitrogens with two attached hydrogens (primary N) is 2. The molecule has 0 aliphatic carbocycles. The summed E-state index contributed by atoms with van der Waals surface area (Å²) in [5, 5.41) is 4.43. The molecule has 0 aliphatic heterocycles. The molecule has 4 rings (SSSR count). The highest BCUT2D eigenvalue weighted by Gasteiger charge is 2.11. The van der Waals surface area contributed by atoms with Crippen molar-refractivity contribution >= 4 is 34.2 Å². The first-order valence-electron chi connectivity index (χ1n) is 12.1. The van der Waals surface area contributed by atoms with Gasteiger partial charge in [-0.05, 0) is 53.9 Å². The van der Waals surface area contributed by atoms with Gasteiger partial charge in [-0.1, -0.05) is 51.4 Å². The normalized spacial score (nSPS) is 10.1. The Hall–Kier alpha value is -3.55. The minimum atomic E-state index is -0.179. The number of rotatable bonds is 6. The summed E-state index contributed by atoms with van der Waals surface area (Å²) in [6.07, 6.45) is 3.81. The molecular formula is C28H35ClN6O. The Morgan fingerprint density at radius 1 is 1.00 bits per heavy atom. The number of anilines is 1. The molecule has 0 atom stereocenters. The predicted molar refractivity (Wildman–Crippen MR) is 149 cm³/mol. The van der Waals surface area contributed by atoms with Crippen molar-refractivity contribution in [2.75, 3.05) is 5.73 Å². The van der Waals surface area contributed by atoms with Crippen molar-refractivity contribution in [3.63, 3.8) is 0 Å². The highest BCUT2D eigenvalue weighted by molar-refractivity contribution is 6.31. The number of halogens is 1. The summed E-state index contributed by atoms with van der Waals surface area (Å²) in [5.41, 5.74) is 17.5. The molecule has 3 heterocycles. The lowest BCUT2D eigenvalue weighted by Crippen LogP contribution is -2.23. The third-order valence-corrected chi connectivity index (χ3v) is 5.44. The number of aromatic nitrogens is 3. The van der Waals surface area contributed by atoms with Crippen LogP contribution in [0.25, 0.3) is 10.9 Å². The van der Waals surface area contributed by atoms with Gasteiger partial charge >= 0.3 is 0 Å². The van der Waals surface area contributed by atoms with Gasteiger partial charge in [-0.3, -0.25) is 14.8 Å². The van der Waals surface area contributed by atoms with Crippen molar-refractivity contribution in [3.05, 3.63) is 93.5 Å². The van der Waals surface area contributed by atoms with E-state index in [9.17, 15) is 4.79 Å². The van der Waals surface area contributed by atoms with Gasteiger partial charge in [0, 0.05) is 54.2 Å². The maximum atomic E-state index is 12.7. The van der Waals surface area contributed by atoms with E-state index in [0.29, 0.717) is 35.9 Å². The van der Waals surface area contributed by atoms with Crippen LogP contribution in [0.15, 0.2) is 54.9 Å². The predicted octanol–water partition coefficient (Wildman–Crippen LogP) is 5.60. The zero-order valence-corrected chi connectivity index (χ0v) is 22.4. The number of carbonyl (C=O) groups excluding carboxylic acids is 1. The van der Waals surface area contributed by atoms with E-state index < -0.39 is 0 Å². The number of nitrogens with one attached hydrogen (secondary N) is 1. The molecule has 0 unspecified atom stereocenters. The van der Waals surface area contributed by atoms with E-state index in [1.807, 2.05) is 58.9 Å². The Kier molecular flexibility index (Phi) is 11.2. The molecule has 1 amide bonds. The van der Waals surface area contributed by atoms with Crippen LogP contribution in [0.5, 0.6) is 0 Å². The summed E-state index contributed by atoms with van der Waals surface area (Å²) in [4.78, 5) is 25.7. The lowest BCUT2D eigenvalue weighted by molar-refractivity contribution is 0.0950. The van der Waals surface area contributed by atoms with E-state index >= 15 is 0 Å². The van der Waals surface area contributed by atoms with Crippen molar-refractivity contribution in [2.24, 2.45) is 5.73 Å². The Morgan fingerprint density at radius 2 is 1.75 bits per heavy atom. The highest BCUT2D eigenvalue weighted by atomic mass is 35.5. The average Bonchev–Trinajstić information content (AvgIpc) is 2.89. The Bertz CT molecular complexity index is 1310. The molecule has 0 bridgehead atoms. The van der Waals surface area contributed by atoms with Crippen LogP contribution in [0.4, 0.5) is 5.82 Å². The fourth-order valence-electron chi connectivity index (χ4n) is 3.62. The summed E-state index contributed by atoms with van der Waals surface area (Å²) in [6.45, 7) is 10.6. The van der Waals surface area contributed by atoms with Crippen LogP contribution in [0.1, 0.15) is 66.1 Å². The lowest BCUT2D eigenvalue weighted by Gasteiger charge is -2.10. The molecule has 5 N–H and O–H groups in total. The van der Waals surface area contributed by atoms with Crippen LogP contribution in [0, 0.1) is 6.92 Å². The van der Waals surface area contributed by atoms with Gasteiger partial charge in [-0.25, -0.2) is 4.98 Å². The van der Waals surface area contributed by atoms with Crippen LogP contribution in [-0.4, -0.2) is 20.9 Å². The maximum absolute atomic E-state index is 12.7. The first-order chi connectivity index (χ1) is 17.4. The topological polar surface area (TPSA) is 120 Å². The van der Waals surface area contributed by atoms with E-state index in [2.05, 4.69) is 20.3 Å². The fraction of sp³-hybridized carbons (Fsp3) is 0.286. The van der Waals surface area contributed by atoms with Gasteiger partial charge in [0.2, 0.25) is 0 Å². The first-order valence-corrected chi connectivity index (χ1v) is 12.5. The van der Waals surface area contributed by atoms with Gasteiger partial charge in [0.25, 0.3) is 5.91 Å². The van der Waals surface area contributed by atoms with Crippen LogP contribution < -0.4 is 16.8 Å². The second kappa shape index (κ2) is 14.1. The number of hydrogen-bond donors (Lipinski definition) is 3. The zero-order chi connectivity index (χ0) is 26.7. The Morgan fingerprint density at radius 3 is 2.44 bits per heavy atom. The number of aryl methyl sites for hydroxylation is 1. The smallest absolute Gasteiger partial charge is 0.251 e. The molecule has 8 heteroatoms. The van der Waals surface area contributed by atoms with Crippen molar-refractivity contribution in [1.82, 2.24) is 20.3 Å². The molecule has 4 aromatic rings. The molecule has 0 fully saturated rings. The molecule has 0 spiro atoms. The number of pyridine rings is 3. The van der Waals surface area contributed by atoms with Crippen molar-refractivity contribution in [1.29, 1.82) is 0 Å². The summed E-state index contributed by atoms with van der Waals surface area (Å²) in [5.74, 6) is 0.280. The number of benzene rings is 1. The molecule has 36 heavy (non-hydrogen) atoms. The standard InChI is InChI=1S/C24H23ClN6O.2C2H6/c1-14-17(2-3-22(27)31-14)12-30-24(32)16-4-5-28-21(10-16)8-15-6-18-9-20(25)13-29-23(18)19(7-15)11-26;2*1-2/h2-7,9-10,13H,8,11-12,26H2,1H3,(H2,27,31)(H,30,32);2*1-2H3. The number of fused-ring (bicyclic) bond motifs is 1. The average molecular weight is 507 g/mol. The van der Waals surface area contributed by atoms with Gasteiger partial charge in [-0.2, -0.15) is 0 Å². The van der Waals surface area contributed by atoms with E-state index in [-0.39, 0.29) is 5.91 Å². The molecular weight excluding hydrogens is 472 g/mol. The second-order valence-corrected chi connectivity index (χ2v) is 8.00. The molecule has 0 radical (unpaired) electrons. The first kappa shape index (κ1) is 28.7. The number of hydrogen-bond acceptors (Lipinski definition) is 6. The van der Waals surface area contributed by atoms with Gasteiger partial charge in [0.15, 0.2) is 0 Å². The number of carbonyl (C=O) groups is 1. The number of nitrogen functional groups attached to an aromatic ring is 1. The summed E-state index contributed by atoms with van der Waals surface area (Å²) >= 11 is 6.11. The minimum absolute atomic E-state index is 0.179. The van der Waals surface area contributed by atoms with Gasteiger partial charge in [0.05, 0.1) is 10.5 Å². The minimum Gasteiger partial charge on any atom is -0.384 e. The molecule has 0 aliphatic rings. The van der Waals surface area contributed by atoms with Crippen LogP contribution in [-0.2, 0) is 19.5 Å². The van der Waals surface area contributed by atoms with Gasteiger partial charge < -0.3 is 16.8 Å². The number of amides is 1. The summed E-state index contributed by atoms with van der Waals surface area (Å²) < 4.78 is 0. The van der Waals surface area contributed by atoms with Gasteiger partial charge in [-0.15, -0.1) is 0 Å². The van der Waals surface area contributed by atoms with E-state index in [1.165, 1.54) is 0 Å². The van der Waals surface area contributed by atoms with Crippen molar-refractivity contribution in [2.45, 2.75) is 54.1 Å². The Labute approximate surface area is 218 Å². The molecule has 1 aromatic carbocycles. The summed E-state index contributed by atoms with van der Waals surface area (Å²) in [7, 11) is 0. The van der Waals surface area contributed by atoms with E-state index in [0.717, 1.165) is 39.0 Å². The third kappa shape index (κ3) is 7.47. The van der Waals surface area contributed by atoms with Gasteiger partial charge in [0.1, 0.15) is 5.82 Å². The Balaban J connectivity index is 0.00000109. The molecule has 7 nitrogen and oxygen atoms in total. The highest BCUT2D eigenvalue weighted by Crippen LogP contribution is 2.23. The molecule has 0 saturated heterocycles. The zero-order valence-electron chi connectivity index (χ0n) is 21.6. The van der Waals surface area contributed by atoms with E-state index in [4.69, 9.17) is 23.1 Å². The largest absolute Gasteiger partial charge is 0.384 e. The van der Waals surface area contributed by atoms with Crippen molar-refractivity contribution < 1.29 is 4.79 Å². The van der Waals surface area contributed by atoms with Crippen molar-refractivity contribution in [3.8, 4) is 0 Å². The fourth-order valence-corrected chi connectivity index (χ4v) is 3.79. The monoisotopic (exact) mass is 506 g/mol. The quantitative estimate of drug-likeness (QED) is 0.313. The maximum Gasteiger partial charge on any atom is 0.251 e. The SMILES string of the molecule is CC.CC.Cc1nc(N)ccc1CNC(=O)c1ccnc(Cc2cc(CN)c3ncc(Cl)cc3c2)c1. The van der Waals surface area contributed by atoms with Crippen LogP contribution in [0.3, 0.4) is 0 Å². The van der Waals surface area contributed by atoms with Crippen LogP contribution >= 0.6 is 11.6 Å². The number of nitrogens with zero attached hydrogens (tertiary/aromatic N) is 3. The molecule has 3 aromatic heterocycles. The molecule has 0 saturated carbocycles. The van der Waals surface area contributed by atoms with E-state index in [1.54, 1.807) is 30.6 Å².